The molecule has 4 aliphatic rings. The lowest BCUT2D eigenvalue weighted by Crippen LogP contribution is -2.27. The molecule has 0 atom stereocenters. The van der Waals surface area contributed by atoms with Gasteiger partial charge in [0, 0.05) is 69.3 Å². The molecule has 0 spiro atoms. The second-order valence-electron chi connectivity index (χ2n) is 30.3. The van der Waals surface area contributed by atoms with Gasteiger partial charge in [0.05, 0.1) is 23.5 Å². The number of benzene rings is 4. The van der Waals surface area contributed by atoms with Crippen molar-refractivity contribution in [2.45, 2.75) is 337 Å². The summed E-state index contributed by atoms with van der Waals surface area (Å²) in [5.41, 5.74) is 34.4. The van der Waals surface area contributed by atoms with E-state index in [0.717, 1.165) is 34.9 Å². The van der Waals surface area contributed by atoms with Crippen molar-refractivity contribution in [3.8, 4) is 53.6 Å². The van der Waals surface area contributed by atoms with Gasteiger partial charge in [0.25, 0.3) is 0 Å². The molecule has 4 aliphatic carbocycles. The third-order valence-corrected chi connectivity index (χ3v) is 26.8. The number of hydrogen-bond donors (Lipinski definition) is 0. The van der Waals surface area contributed by atoms with Crippen LogP contribution in [0.4, 0.5) is 0 Å². The number of allylic oxidation sites excluding steroid dienone is 2. The van der Waals surface area contributed by atoms with Gasteiger partial charge < -0.3 is 0 Å². The van der Waals surface area contributed by atoms with Gasteiger partial charge in [0.1, 0.15) is 22.1 Å². The number of thiophene rings is 2. The fourth-order valence-corrected chi connectivity index (χ4v) is 21.9. The van der Waals surface area contributed by atoms with Crippen molar-refractivity contribution in [3.63, 3.8) is 0 Å². The zero-order chi connectivity index (χ0) is 66.8. The molecule has 4 nitrogen and oxygen atoms in total. The smallest absolute Gasteiger partial charge is 0.114 e. The monoisotopic (exact) mass is 1360 g/mol. The zero-order valence-electron chi connectivity index (χ0n) is 61.3. The summed E-state index contributed by atoms with van der Waals surface area (Å²) < 4.78 is 21.5. The molecule has 0 aliphatic heterocycles. The predicted molar refractivity (Wildman–Crippen MR) is 424 cm³/mol. The Bertz CT molecular complexity index is 3970. The molecular formula is C88H118N4S4. The van der Waals surface area contributed by atoms with Gasteiger partial charge in [-0.25, -0.2) is 0 Å². The van der Waals surface area contributed by atoms with E-state index in [4.69, 9.17) is 17.5 Å². The highest BCUT2D eigenvalue weighted by Gasteiger charge is 2.50. The molecule has 0 fully saturated rings. The molecule has 12 rings (SSSR count). The fraction of sp³-hybridized carbons (Fsp3) is 0.591. The number of fused-ring (bicyclic) bond motifs is 16. The largest absolute Gasteiger partial charge is 0.173 e. The van der Waals surface area contributed by atoms with Crippen LogP contribution < -0.4 is 0 Å². The summed E-state index contributed by atoms with van der Waals surface area (Å²) in [6.07, 6.45) is 50.3. The third-order valence-electron chi connectivity index (χ3n) is 23.5. The van der Waals surface area contributed by atoms with Crippen molar-refractivity contribution in [1.29, 1.82) is 0 Å². The van der Waals surface area contributed by atoms with E-state index in [2.05, 4.69) is 140 Å². The van der Waals surface area contributed by atoms with Crippen molar-refractivity contribution >= 4 is 79.3 Å². The van der Waals surface area contributed by atoms with Gasteiger partial charge in [0.2, 0.25) is 0 Å². The molecule has 0 saturated carbocycles. The Balaban J connectivity index is 1.09. The first-order chi connectivity index (χ1) is 47.1. The van der Waals surface area contributed by atoms with Gasteiger partial charge in [-0.3, -0.25) is 0 Å². The maximum atomic E-state index is 5.61. The second kappa shape index (κ2) is 33.3. The number of aryl methyl sites for hydroxylation is 2. The molecule has 0 saturated heterocycles. The highest BCUT2D eigenvalue weighted by atomic mass is 32.1. The van der Waals surface area contributed by atoms with E-state index in [-0.39, 0.29) is 10.8 Å². The molecule has 8 heteroatoms. The summed E-state index contributed by atoms with van der Waals surface area (Å²) in [5, 5.41) is 0. The van der Waals surface area contributed by atoms with Crippen LogP contribution >= 0.6 is 46.1 Å². The van der Waals surface area contributed by atoms with E-state index >= 15 is 0 Å². The van der Waals surface area contributed by atoms with Crippen LogP contribution in [-0.4, -0.2) is 17.5 Å². The van der Waals surface area contributed by atoms with E-state index in [1.165, 1.54) is 354 Å². The minimum Gasteiger partial charge on any atom is -0.173 e. The van der Waals surface area contributed by atoms with Gasteiger partial charge in [0.15, 0.2) is 0 Å². The first kappa shape index (κ1) is 71.2. The van der Waals surface area contributed by atoms with Crippen LogP contribution in [0.2, 0.25) is 0 Å². The normalized spacial score (nSPS) is 14.3. The number of hydrogen-bond acceptors (Lipinski definition) is 8. The van der Waals surface area contributed by atoms with Crippen LogP contribution in [0.5, 0.6) is 0 Å². The molecule has 4 aromatic carbocycles. The van der Waals surface area contributed by atoms with Crippen LogP contribution in [0, 0.1) is 13.8 Å². The Morgan fingerprint density at radius 1 is 0.302 bits per heavy atom. The number of unbranched alkanes of at least 4 members (excludes halogenated alkanes) is 24. The zero-order valence-corrected chi connectivity index (χ0v) is 64.6. The summed E-state index contributed by atoms with van der Waals surface area (Å²) in [4.78, 5) is 5.84. The number of nitrogens with zero attached hydrogens (tertiary/aromatic N) is 4. The highest BCUT2D eigenvalue weighted by Crippen LogP contribution is 2.65. The summed E-state index contributed by atoms with van der Waals surface area (Å²) in [5.74, 6) is 0. The standard InChI is InChI=1S/C88H118N4S4/c1-11-19-27-35-43-61(44-36-28-20-12-2)77-63-54-66-64(53-65(63)85-70(77)52-60(10)93-85)78(62(45-37-29-21-13-3)46-38-30-22-14-4)71-58-76(94-86(66)71)69-57-75-80(84-82(69)90-96-92-84)68-56-72-67(55-73(68)88(75,49-41-33-25-17-7)50-42-34-26-18-8)79-74(51-59(9)81-83(79)91-95-89-81)87(72,47-39-31-23-15-5)48-40-32-24-16-6/h51-58H,11-50H2,1-10H3. The Morgan fingerprint density at radius 2 is 0.656 bits per heavy atom. The topological polar surface area (TPSA) is 51.6 Å². The molecule has 0 bridgehead atoms. The van der Waals surface area contributed by atoms with E-state index in [1.54, 1.807) is 44.5 Å². The SMILES string of the molecule is CCCCCCC(CCCCCC)=C1c2cc3c(cc2-c2sc(C)cc21)C(=C(CCCCCC)CCCCCC)c1cc(-c2cc4c(c5nsnc25)-c2cc5c(cc2C4(CCCCCC)CCCCCC)-c2c(cc(C)c4nsnc24)C5(CCCCCC)CCCCCC)sc1-3. The minimum atomic E-state index is -0.167. The lowest BCUT2D eigenvalue weighted by molar-refractivity contribution is 0.397. The average molecular weight is 1360 g/mol. The quantitative estimate of drug-likeness (QED) is 0.0358. The van der Waals surface area contributed by atoms with Crippen LogP contribution in [-0.2, 0) is 10.8 Å². The van der Waals surface area contributed by atoms with Crippen LogP contribution in [0.1, 0.15) is 367 Å². The Morgan fingerprint density at radius 3 is 1.08 bits per heavy atom. The molecule has 514 valence electrons. The number of aromatic nitrogens is 4. The van der Waals surface area contributed by atoms with Crippen LogP contribution in [0.3, 0.4) is 0 Å². The summed E-state index contributed by atoms with van der Waals surface area (Å²) >= 11 is 7.02. The van der Waals surface area contributed by atoms with Gasteiger partial charge in [-0.1, -0.05) is 252 Å². The average Bonchev–Trinajstić information content (AvgIpc) is 1.52. The van der Waals surface area contributed by atoms with E-state index in [0.29, 0.717) is 0 Å². The summed E-state index contributed by atoms with van der Waals surface area (Å²) in [7, 11) is 0. The van der Waals surface area contributed by atoms with Crippen molar-refractivity contribution < 1.29 is 0 Å². The summed E-state index contributed by atoms with van der Waals surface area (Å²) in [6, 6.07) is 21.8. The van der Waals surface area contributed by atoms with Gasteiger partial charge in [-0.2, -0.15) is 17.5 Å². The minimum absolute atomic E-state index is 0.0904. The van der Waals surface area contributed by atoms with Crippen LogP contribution in [0.15, 0.2) is 59.7 Å². The van der Waals surface area contributed by atoms with E-state index in [9.17, 15) is 0 Å². The van der Waals surface area contributed by atoms with Crippen molar-refractivity contribution in [3.05, 3.63) is 115 Å². The molecule has 0 radical (unpaired) electrons. The Labute approximate surface area is 597 Å². The molecule has 0 N–H and O–H groups in total. The Kier molecular flexibility index (Phi) is 24.7. The first-order valence-corrected chi connectivity index (χ1v) is 42.9. The maximum absolute atomic E-state index is 5.61. The first-order valence-electron chi connectivity index (χ1n) is 39.8. The van der Waals surface area contributed by atoms with Crippen molar-refractivity contribution in [2.75, 3.05) is 0 Å². The molecule has 4 aromatic heterocycles. The van der Waals surface area contributed by atoms with Gasteiger partial charge >= 0.3 is 0 Å². The highest BCUT2D eigenvalue weighted by molar-refractivity contribution is 7.19. The molecule has 0 unspecified atom stereocenters. The van der Waals surface area contributed by atoms with Crippen molar-refractivity contribution in [1.82, 2.24) is 17.5 Å². The second-order valence-corrected chi connectivity index (χ2v) is 33.7. The lowest BCUT2D eigenvalue weighted by Gasteiger charge is -2.35. The Hall–Kier alpha value is -4.60. The maximum Gasteiger partial charge on any atom is 0.114 e. The van der Waals surface area contributed by atoms with Crippen molar-refractivity contribution in [2.24, 2.45) is 0 Å². The third kappa shape index (κ3) is 14.0. The molecule has 4 heterocycles. The molecular weight excluding hydrogens is 1240 g/mol. The van der Waals surface area contributed by atoms with Gasteiger partial charge in [-0.15, -0.1) is 22.7 Å². The summed E-state index contributed by atoms with van der Waals surface area (Å²) in [6.45, 7) is 23.7. The molecule has 8 aromatic rings. The van der Waals surface area contributed by atoms with E-state index in [1.807, 2.05) is 0 Å². The van der Waals surface area contributed by atoms with Crippen LogP contribution in [0.25, 0.3) is 86.8 Å². The molecule has 0 amide bonds. The number of rotatable bonds is 41. The molecule has 96 heavy (non-hydrogen) atoms. The lowest BCUT2D eigenvalue weighted by atomic mass is 9.68. The predicted octanol–water partition coefficient (Wildman–Crippen LogP) is 30.0. The van der Waals surface area contributed by atoms with Gasteiger partial charge in [-0.05, 0) is 195 Å². The fourth-order valence-electron chi connectivity index (χ4n) is 18.4. The van der Waals surface area contributed by atoms with E-state index < -0.39 is 0 Å².